The molecule has 1 atom stereocenters. The summed E-state index contributed by atoms with van der Waals surface area (Å²) in [6, 6.07) is 11.3. The van der Waals surface area contributed by atoms with E-state index in [-0.39, 0.29) is 5.41 Å². The SMILES string of the molecule is CCC(NN)C1(c2ccccc2)CCCCC1. The van der Waals surface area contributed by atoms with Crippen molar-refractivity contribution in [2.24, 2.45) is 5.84 Å². The molecule has 1 aliphatic carbocycles. The Balaban J connectivity index is 2.35. The van der Waals surface area contributed by atoms with E-state index in [1.807, 2.05) is 0 Å². The quantitative estimate of drug-likeness (QED) is 0.618. The molecule has 0 aromatic heterocycles. The van der Waals surface area contributed by atoms with Crippen LogP contribution in [0.1, 0.15) is 51.0 Å². The van der Waals surface area contributed by atoms with Gasteiger partial charge in [0.25, 0.3) is 0 Å². The second kappa shape index (κ2) is 5.65. The number of hydrogen-bond acceptors (Lipinski definition) is 2. The van der Waals surface area contributed by atoms with Crippen molar-refractivity contribution >= 4 is 0 Å². The smallest absolute Gasteiger partial charge is 0.0304 e. The predicted molar refractivity (Wildman–Crippen MR) is 72.6 cm³/mol. The maximum Gasteiger partial charge on any atom is 0.0304 e. The van der Waals surface area contributed by atoms with E-state index in [1.165, 1.54) is 37.7 Å². The fourth-order valence-electron chi connectivity index (χ4n) is 3.46. The first-order valence-electron chi connectivity index (χ1n) is 6.85. The fraction of sp³-hybridized carbons (Fsp3) is 0.600. The van der Waals surface area contributed by atoms with Gasteiger partial charge in [-0.2, -0.15) is 0 Å². The van der Waals surface area contributed by atoms with E-state index < -0.39 is 0 Å². The summed E-state index contributed by atoms with van der Waals surface area (Å²) < 4.78 is 0. The lowest BCUT2D eigenvalue weighted by atomic mass is 9.64. The van der Waals surface area contributed by atoms with Gasteiger partial charge < -0.3 is 0 Å². The summed E-state index contributed by atoms with van der Waals surface area (Å²) >= 11 is 0. The third kappa shape index (κ3) is 2.38. The molecule has 0 radical (unpaired) electrons. The van der Waals surface area contributed by atoms with Crippen LogP contribution < -0.4 is 11.3 Å². The Morgan fingerprint density at radius 3 is 2.35 bits per heavy atom. The van der Waals surface area contributed by atoms with Crippen LogP contribution in [0.25, 0.3) is 0 Å². The molecule has 1 unspecified atom stereocenters. The monoisotopic (exact) mass is 232 g/mol. The number of hydrogen-bond donors (Lipinski definition) is 2. The molecule has 2 heteroatoms. The normalized spacial score (nSPS) is 21.1. The molecular weight excluding hydrogens is 208 g/mol. The molecule has 0 saturated heterocycles. The Labute approximate surface area is 105 Å². The summed E-state index contributed by atoms with van der Waals surface area (Å²) in [5, 5.41) is 0. The molecule has 94 valence electrons. The Morgan fingerprint density at radius 2 is 1.82 bits per heavy atom. The lowest BCUT2D eigenvalue weighted by Crippen LogP contribution is -2.51. The first-order valence-corrected chi connectivity index (χ1v) is 6.85. The van der Waals surface area contributed by atoms with Gasteiger partial charge in [-0.25, -0.2) is 0 Å². The molecule has 1 aliphatic rings. The van der Waals surface area contributed by atoms with Crippen molar-refractivity contribution in [1.29, 1.82) is 0 Å². The third-order valence-corrected chi connectivity index (χ3v) is 4.37. The third-order valence-electron chi connectivity index (χ3n) is 4.37. The fourth-order valence-corrected chi connectivity index (χ4v) is 3.46. The van der Waals surface area contributed by atoms with Crippen molar-refractivity contribution in [3.8, 4) is 0 Å². The molecule has 0 amide bonds. The van der Waals surface area contributed by atoms with Crippen LogP contribution >= 0.6 is 0 Å². The largest absolute Gasteiger partial charge is 0.271 e. The van der Waals surface area contributed by atoms with E-state index in [2.05, 4.69) is 42.7 Å². The second-order valence-corrected chi connectivity index (χ2v) is 5.21. The highest BCUT2D eigenvalue weighted by Crippen LogP contribution is 2.42. The first kappa shape index (κ1) is 12.6. The molecule has 0 bridgehead atoms. The molecular formula is C15H24N2. The van der Waals surface area contributed by atoms with Crippen molar-refractivity contribution in [2.45, 2.75) is 56.9 Å². The average molecular weight is 232 g/mol. The Kier molecular flexibility index (Phi) is 4.19. The van der Waals surface area contributed by atoms with E-state index in [9.17, 15) is 0 Å². The summed E-state index contributed by atoms with van der Waals surface area (Å²) in [6.07, 6.45) is 7.64. The minimum atomic E-state index is 0.253. The Hall–Kier alpha value is -0.860. The highest BCUT2D eigenvalue weighted by Gasteiger charge is 2.39. The van der Waals surface area contributed by atoms with E-state index >= 15 is 0 Å². The standard InChI is InChI=1S/C15H24N2/c1-2-14(17-16)15(11-7-4-8-12-15)13-9-5-3-6-10-13/h3,5-6,9-10,14,17H,2,4,7-8,11-12,16H2,1H3. The minimum absolute atomic E-state index is 0.253. The van der Waals surface area contributed by atoms with Gasteiger partial charge in [-0.15, -0.1) is 0 Å². The average Bonchev–Trinajstić information content (AvgIpc) is 2.42. The predicted octanol–water partition coefficient (Wildman–Crippen LogP) is 3.13. The van der Waals surface area contributed by atoms with Crippen molar-refractivity contribution < 1.29 is 0 Å². The molecule has 1 aromatic rings. The number of nitrogens with two attached hydrogens (primary N) is 1. The van der Waals surface area contributed by atoms with E-state index in [1.54, 1.807) is 0 Å². The van der Waals surface area contributed by atoms with Crippen LogP contribution in [0.4, 0.5) is 0 Å². The van der Waals surface area contributed by atoms with Gasteiger partial charge in [-0.05, 0) is 24.8 Å². The van der Waals surface area contributed by atoms with Crippen LogP contribution in [0.2, 0.25) is 0 Å². The number of benzene rings is 1. The molecule has 0 heterocycles. The van der Waals surface area contributed by atoms with Gasteiger partial charge in [0.15, 0.2) is 0 Å². The molecule has 17 heavy (non-hydrogen) atoms. The van der Waals surface area contributed by atoms with Crippen molar-refractivity contribution in [3.05, 3.63) is 35.9 Å². The molecule has 2 nitrogen and oxygen atoms in total. The zero-order valence-electron chi connectivity index (χ0n) is 10.8. The minimum Gasteiger partial charge on any atom is -0.271 e. The maximum absolute atomic E-state index is 5.79. The summed E-state index contributed by atoms with van der Waals surface area (Å²) in [5.74, 6) is 5.79. The summed E-state index contributed by atoms with van der Waals surface area (Å²) in [5.41, 5.74) is 4.78. The van der Waals surface area contributed by atoms with Crippen LogP contribution in [-0.4, -0.2) is 6.04 Å². The summed E-state index contributed by atoms with van der Waals surface area (Å²) in [4.78, 5) is 0. The summed E-state index contributed by atoms with van der Waals surface area (Å²) in [6.45, 7) is 2.23. The highest BCUT2D eigenvalue weighted by molar-refractivity contribution is 5.28. The van der Waals surface area contributed by atoms with E-state index in [0.29, 0.717) is 6.04 Å². The van der Waals surface area contributed by atoms with Crippen LogP contribution in [0.5, 0.6) is 0 Å². The molecule has 2 rings (SSSR count). The lowest BCUT2D eigenvalue weighted by Gasteiger charge is -2.43. The van der Waals surface area contributed by atoms with Crippen LogP contribution in [0.3, 0.4) is 0 Å². The number of nitrogens with one attached hydrogen (secondary N) is 1. The summed E-state index contributed by atoms with van der Waals surface area (Å²) in [7, 11) is 0. The topological polar surface area (TPSA) is 38.0 Å². The van der Waals surface area contributed by atoms with Gasteiger partial charge in [0.1, 0.15) is 0 Å². The maximum atomic E-state index is 5.79. The van der Waals surface area contributed by atoms with Gasteiger partial charge in [0.05, 0.1) is 0 Å². The Bertz CT molecular complexity index is 324. The zero-order valence-corrected chi connectivity index (χ0v) is 10.8. The van der Waals surface area contributed by atoms with Crippen molar-refractivity contribution in [3.63, 3.8) is 0 Å². The van der Waals surface area contributed by atoms with Crippen LogP contribution in [0.15, 0.2) is 30.3 Å². The van der Waals surface area contributed by atoms with E-state index in [4.69, 9.17) is 5.84 Å². The number of hydrazine groups is 1. The molecule has 3 N–H and O–H groups in total. The van der Waals surface area contributed by atoms with Gasteiger partial charge in [0.2, 0.25) is 0 Å². The molecule has 1 aromatic carbocycles. The van der Waals surface area contributed by atoms with E-state index in [0.717, 1.165) is 6.42 Å². The van der Waals surface area contributed by atoms with Gasteiger partial charge in [-0.3, -0.25) is 11.3 Å². The van der Waals surface area contributed by atoms with Crippen LogP contribution in [0, 0.1) is 0 Å². The highest BCUT2D eigenvalue weighted by atomic mass is 15.2. The Morgan fingerprint density at radius 1 is 1.18 bits per heavy atom. The molecule has 0 spiro atoms. The van der Waals surface area contributed by atoms with Crippen molar-refractivity contribution in [2.75, 3.05) is 0 Å². The zero-order chi connectivity index (χ0) is 12.1. The second-order valence-electron chi connectivity index (χ2n) is 5.21. The van der Waals surface area contributed by atoms with Gasteiger partial charge in [0, 0.05) is 11.5 Å². The van der Waals surface area contributed by atoms with Gasteiger partial charge >= 0.3 is 0 Å². The number of rotatable bonds is 4. The van der Waals surface area contributed by atoms with Crippen LogP contribution in [-0.2, 0) is 5.41 Å². The first-order chi connectivity index (χ1) is 8.33. The van der Waals surface area contributed by atoms with Crippen molar-refractivity contribution in [1.82, 2.24) is 5.43 Å². The van der Waals surface area contributed by atoms with Gasteiger partial charge in [-0.1, -0.05) is 56.5 Å². The molecule has 1 saturated carbocycles. The molecule has 1 fully saturated rings. The molecule has 0 aliphatic heterocycles. The lowest BCUT2D eigenvalue weighted by molar-refractivity contribution is 0.208.